The monoisotopic (exact) mass is 335 g/mol. The van der Waals surface area contributed by atoms with Crippen molar-refractivity contribution in [1.82, 2.24) is 15.1 Å². The molecule has 5 nitrogen and oxygen atoms in total. The van der Waals surface area contributed by atoms with Crippen molar-refractivity contribution in [2.45, 2.75) is 19.4 Å². The van der Waals surface area contributed by atoms with Crippen LogP contribution < -0.4 is 0 Å². The third-order valence-corrected chi connectivity index (χ3v) is 4.12. The van der Waals surface area contributed by atoms with Crippen molar-refractivity contribution >= 4 is 22.5 Å². The third kappa shape index (κ3) is 3.83. The quantitative estimate of drug-likeness (QED) is 0.671. The summed E-state index contributed by atoms with van der Waals surface area (Å²) < 4.78 is 0. The lowest BCUT2D eigenvalue weighted by atomic mass is 9.98. The third-order valence-electron chi connectivity index (χ3n) is 4.12. The molecule has 3 rings (SSSR count). The Balaban J connectivity index is 1.71. The Morgan fingerprint density at radius 2 is 1.64 bits per heavy atom. The largest absolute Gasteiger partial charge is 0.305 e. The van der Waals surface area contributed by atoms with Crippen LogP contribution in [0.15, 0.2) is 48.5 Å². The van der Waals surface area contributed by atoms with Crippen LogP contribution in [0.5, 0.6) is 0 Å². The number of aromatic amines is 1. The minimum Gasteiger partial charge on any atom is -0.305 e. The lowest BCUT2D eigenvalue weighted by molar-refractivity contribution is 0.0915. The Kier molecular flexibility index (Phi) is 5.05. The molecule has 1 N–H and O–H groups in total. The molecule has 0 unspecified atom stereocenters. The van der Waals surface area contributed by atoms with Crippen molar-refractivity contribution in [2.24, 2.45) is 0 Å². The Hall–Kier alpha value is -2.79. The molecule has 128 valence electrons. The standard InChI is InChI=1S/C20H21N3O2/c1-23(2)13-14-7-3-4-8-15(14)18(24)11-12-19(25)20-16-9-5-6-10-17(16)21-22-20/h3-10H,11-13H2,1-2H3,(H,21,22). The number of rotatable bonds is 7. The maximum absolute atomic E-state index is 12.6. The van der Waals surface area contributed by atoms with E-state index in [1.165, 1.54) is 0 Å². The van der Waals surface area contributed by atoms with E-state index in [9.17, 15) is 9.59 Å². The Labute approximate surface area is 146 Å². The summed E-state index contributed by atoms with van der Waals surface area (Å²) in [5.74, 6) is -0.124. The summed E-state index contributed by atoms with van der Waals surface area (Å²) in [4.78, 5) is 27.1. The summed E-state index contributed by atoms with van der Waals surface area (Å²) in [6, 6.07) is 15.1. The number of benzene rings is 2. The molecular formula is C20H21N3O2. The molecule has 0 saturated carbocycles. The Morgan fingerprint density at radius 3 is 2.44 bits per heavy atom. The normalized spacial score (nSPS) is 11.2. The van der Waals surface area contributed by atoms with Gasteiger partial charge in [-0.05, 0) is 25.7 Å². The highest BCUT2D eigenvalue weighted by Crippen LogP contribution is 2.19. The average Bonchev–Trinajstić information content (AvgIpc) is 3.03. The molecule has 0 atom stereocenters. The first-order chi connectivity index (χ1) is 12.1. The smallest absolute Gasteiger partial charge is 0.184 e. The van der Waals surface area contributed by atoms with Gasteiger partial charge >= 0.3 is 0 Å². The van der Waals surface area contributed by atoms with Crippen LogP contribution in [-0.2, 0) is 6.54 Å². The fraction of sp³-hybridized carbons (Fsp3) is 0.250. The van der Waals surface area contributed by atoms with Crippen LogP contribution >= 0.6 is 0 Å². The molecule has 1 aromatic heterocycles. The predicted octanol–water partition coefficient (Wildman–Crippen LogP) is 3.47. The fourth-order valence-electron chi connectivity index (χ4n) is 2.93. The molecule has 0 fully saturated rings. The molecule has 0 aliphatic rings. The van der Waals surface area contributed by atoms with E-state index in [1.54, 1.807) is 0 Å². The number of carbonyl (C=O) groups is 2. The van der Waals surface area contributed by atoms with Gasteiger partial charge in [-0.3, -0.25) is 14.7 Å². The second-order valence-corrected chi connectivity index (χ2v) is 6.36. The van der Waals surface area contributed by atoms with E-state index in [-0.39, 0.29) is 24.4 Å². The number of hydrogen-bond donors (Lipinski definition) is 1. The predicted molar refractivity (Wildman–Crippen MR) is 97.8 cm³/mol. The first kappa shape index (κ1) is 17.0. The summed E-state index contributed by atoms with van der Waals surface area (Å²) in [6.45, 7) is 0.694. The molecule has 2 aromatic carbocycles. The van der Waals surface area contributed by atoms with Gasteiger partial charge in [0, 0.05) is 30.3 Å². The van der Waals surface area contributed by atoms with E-state index in [2.05, 4.69) is 10.2 Å². The number of carbonyl (C=O) groups excluding carboxylic acids is 2. The molecule has 3 aromatic rings. The van der Waals surface area contributed by atoms with Crippen LogP contribution in [0.3, 0.4) is 0 Å². The molecule has 1 heterocycles. The number of aromatic nitrogens is 2. The summed E-state index contributed by atoms with van der Waals surface area (Å²) in [5, 5.41) is 7.77. The summed E-state index contributed by atoms with van der Waals surface area (Å²) in [7, 11) is 3.93. The number of ketones is 2. The Morgan fingerprint density at radius 1 is 0.960 bits per heavy atom. The van der Waals surface area contributed by atoms with E-state index in [0.29, 0.717) is 17.8 Å². The number of para-hydroxylation sites is 1. The molecule has 0 aliphatic carbocycles. The van der Waals surface area contributed by atoms with Gasteiger partial charge in [0.05, 0.1) is 5.52 Å². The summed E-state index contributed by atoms with van der Waals surface area (Å²) >= 11 is 0. The summed E-state index contributed by atoms with van der Waals surface area (Å²) in [6.07, 6.45) is 0.342. The van der Waals surface area contributed by atoms with E-state index in [4.69, 9.17) is 0 Å². The topological polar surface area (TPSA) is 66.1 Å². The summed E-state index contributed by atoms with van der Waals surface area (Å²) in [5.41, 5.74) is 2.91. The number of nitrogens with one attached hydrogen (secondary N) is 1. The average molecular weight is 335 g/mol. The lowest BCUT2D eigenvalue weighted by Gasteiger charge is -2.13. The SMILES string of the molecule is CN(C)Cc1ccccc1C(=O)CCC(=O)c1n[nH]c2ccccc12. The number of Topliss-reactive ketones (excluding diaryl/α,β-unsaturated/α-hetero) is 2. The van der Waals surface area contributed by atoms with Crippen molar-refractivity contribution in [3.8, 4) is 0 Å². The number of nitrogens with zero attached hydrogens (tertiary/aromatic N) is 2. The van der Waals surface area contributed by atoms with Gasteiger partial charge in [-0.25, -0.2) is 0 Å². The number of H-pyrrole nitrogens is 1. The minimum atomic E-state index is -0.115. The van der Waals surface area contributed by atoms with Gasteiger partial charge in [0.1, 0.15) is 5.69 Å². The van der Waals surface area contributed by atoms with E-state index in [1.807, 2.05) is 67.5 Å². The van der Waals surface area contributed by atoms with E-state index >= 15 is 0 Å². The zero-order valence-electron chi connectivity index (χ0n) is 14.5. The van der Waals surface area contributed by atoms with Gasteiger partial charge in [0.15, 0.2) is 11.6 Å². The van der Waals surface area contributed by atoms with Crippen molar-refractivity contribution in [3.63, 3.8) is 0 Å². The minimum absolute atomic E-state index is 0.00867. The molecule has 25 heavy (non-hydrogen) atoms. The van der Waals surface area contributed by atoms with Crippen LogP contribution in [-0.4, -0.2) is 40.8 Å². The fourth-order valence-corrected chi connectivity index (χ4v) is 2.93. The van der Waals surface area contributed by atoms with Crippen LogP contribution in [0.4, 0.5) is 0 Å². The zero-order valence-corrected chi connectivity index (χ0v) is 14.5. The van der Waals surface area contributed by atoms with Gasteiger partial charge in [-0.1, -0.05) is 42.5 Å². The highest BCUT2D eigenvalue weighted by Gasteiger charge is 2.17. The first-order valence-corrected chi connectivity index (χ1v) is 8.28. The maximum atomic E-state index is 12.6. The highest BCUT2D eigenvalue weighted by atomic mass is 16.1. The van der Waals surface area contributed by atoms with Crippen LogP contribution in [0, 0.1) is 0 Å². The van der Waals surface area contributed by atoms with Gasteiger partial charge < -0.3 is 4.90 Å². The van der Waals surface area contributed by atoms with Crippen LogP contribution in [0.1, 0.15) is 39.3 Å². The lowest BCUT2D eigenvalue weighted by Crippen LogP contribution is -2.15. The maximum Gasteiger partial charge on any atom is 0.184 e. The second-order valence-electron chi connectivity index (χ2n) is 6.36. The second kappa shape index (κ2) is 7.40. The molecule has 0 bridgehead atoms. The van der Waals surface area contributed by atoms with Gasteiger partial charge in [-0.2, -0.15) is 5.10 Å². The van der Waals surface area contributed by atoms with E-state index in [0.717, 1.165) is 16.5 Å². The van der Waals surface area contributed by atoms with Gasteiger partial charge in [0.2, 0.25) is 0 Å². The van der Waals surface area contributed by atoms with Crippen LogP contribution in [0.2, 0.25) is 0 Å². The molecule has 0 spiro atoms. The van der Waals surface area contributed by atoms with E-state index < -0.39 is 0 Å². The Bertz CT molecular complexity index is 912. The molecule has 0 amide bonds. The van der Waals surface area contributed by atoms with Crippen molar-refractivity contribution in [2.75, 3.05) is 14.1 Å². The van der Waals surface area contributed by atoms with Crippen molar-refractivity contribution in [1.29, 1.82) is 0 Å². The molecule has 5 heteroatoms. The number of fused-ring (bicyclic) bond motifs is 1. The van der Waals surface area contributed by atoms with Crippen molar-refractivity contribution < 1.29 is 9.59 Å². The number of hydrogen-bond acceptors (Lipinski definition) is 4. The van der Waals surface area contributed by atoms with Crippen LogP contribution in [0.25, 0.3) is 10.9 Å². The molecular weight excluding hydrogens is 314 g/mol. The first-order valence-electron chi connectivity index (χ1n) is 8.28. The van der Waals surface area contributed by atoms with Crippen molar-refractivity contribution in [3.05, 3.63) is 65.4 Å². The molecule has 0 aliphatic heterocycles. The molecule has 0 radical (unpaired) electrons. The van der Waals surface area contributed by atoms with Gasteiger partial charge in [-0.15, -0.1) is 0 Å². The highest BCUT2D eigenvalue weighted by molar-refractivity contribution is 6.08. The molecule has 0 saturated heterocycles. The zero-order chi connectivity index (χ0) is 17.8. The van der Waals surface area contributed by atoms with Gasteiger partial charge in [0.25, 0.3) is 0 Å².